The van der Waals surface area contributed by atoms with Gasteiger partial charge in [-0.1, -0.05) is 0 Å². The first-order valence-electron chi connectivity index (χ1n) is 5.34. The van der Waals surface area contributed by atoms with Crippen LogP contribution in [0.15, 0.2) is 12.3 Å². The Morgan fingerprint density at radius 1 is 0.818 bits per heavy atom. The Hall–Kier alpha value is -2.39. The van der Waals surface area contributed by atoms with Crippen LogP contribution in [0.3, 0.4) is 0 Å². The largest absolute Gasteiger partial charge is 0.505 e. The van der Waals surface area contributed by atoms with Crippen molar-refractivity contribution in [3.05, 3.63) is 47.0 Å². The van der Waals surface area contributed by atoms with Crippen molar-refractivity contribution in [2.45, 2.75) is 6.18 Å². The summed E-state index contributed by atoms with van der Waals surface area (Å²) in [5.41, 5.74) is -4.83. The molecule has 0 radical (unpaired) electrons. The molecule has 0 aliphatic carbocycles. The minimum absolute atomic E-state index is 0.413. The van der Waals surface area contributed by atoms with Gasteiger partial charge in [-0.25, -0.2) is 26.9 Å². The van der Waals surface area contributed by atoms with Crippen molar-refractivity contribution < 1.29 is 40.2 Å². The van der Waals surface area contributed by atoms with Gasteiger partial charge in [0.25, 0.3) is 0 Å². The molecule has 0 saturated heterocycles. The van der Waals surface area contributed by atoms with E-state index in [4.69, 9.17) is 0 Å². The average molecular weight is 329 g/mol. The van der Waals surface area contributed by atoms with E-state index in [1.165, 1.54) is 0 Å². The standard InChI is InChI=1S/C12H3F8NO/c13-5-4(6(14)8(16)9(17)7(5)15)3-1-2-21-11(10(3)22)12(18,19)20/h1-2,22H. The summed E-state index contributed by atoms with van der Waals surface area (Å²) in [4.78, 5) is 2.78. The molecule has 22 heavy (non-hydrogen) atoms. The van der Waals surface area contributed by atoms with Gasteiger partial charge in [-0.15, -0.1) is 0 Å². The Kier molecular flexibility index (Phi) is 3.71. The zero-order chi connectivity index (χ0) is 16.8. The van der Waals surface area contributed by atoms with Crippen molar-refractivity contribution in [2.24, 2.45) is 0 Å². The van der Waals surface area contributed by atoms with Crippen LogP contribution in [-0.4, -0.2) is 10.1 Å². The number of aromatic nitrogens is 1. The smallest absolute Gasteiger partial charge is 0.437 e. The van der Waals surface area contributed by atoms with Crippen molar-refractivity contribution in [3.8, 4) is 16.9 Å². The van der Waals surface area contributed by atoms with Gasteiger partial charge in [-0.2, -0.15) is 13.2 Å². The summed E-state index contributed by atoms with van der Waals surface area (Å²) in [5, 5.41) is 9.42. The summed E-state index contributed by atoms with van der Waals surface area (Å²) in [6.07, 6.45) is -4.78. The molecule has 0 aliphatic rings. The molecule has 0 fully saturated rings. The van der Waals surface area contributed by atoms with Crippen LogP contribution in [-0.2, 0) is 6.18 Å². The summed E-state index contributed by atoms with van der Waals surface area (Å²) in [7, 11) is 0. The number of hydrogen-bond donors (Lipinski definition) is 1. The highest BCUT2D eigenvalue weighted by Crippen LogP contribution is 2.42. The molecular weight excluding hydrogens is 326 g/mol. The maximum absolute atomic E-state index is 13.6. The van der Waals surface area contributed by atoms with E-state index in [1.54, 1.807) is 0 Å². The normalized spacial score (nSPS) is 11.8. The van der Waals surface area contributed by atoms with Crippen LogP contribution in [0.25, 0.3) is 11.1 Å². The van der Waals surface area contributed by atoms with Crippen LogP contribution < -0.4 is 0 Å². The third-order valence-corrected chi connectivity index (χ3v) is 2.67. The van der Waals surface area contributed by atoms with Crippen molar-refractivity contribution in [2.75, 3.05) is 0 Å². The molecule has 1 aromatic heterocycles. The molecule has 10 heteroatoms. The van der Waals surface area contributed by atoms with Crippen LogP contribution >= 0.6 is 0 Å². The molecule has 2 rings (SSSR count). The number of nitrogens with zero attached hydrogens (tertiary/aromatic N) is 1. The van der Waals surface area contributed by atoms with Crippen molar-refractivity contribution in [3.63, 3.8) is 0 Å². The Morgan fingerprint density at radius 2 is 1.27 bits per heavy atom. The van der Waals surface area contributed by atoms with E-state index >= 15 is 0 Å². The molecule has 118 valence electrons. The fourth-order valence-electron chi connectivity index (χ4n) is 1.70. The lowest BCUT2D eigenvalue weighted by atomic mass is 10.0. The summed E-state index contributed by atoms with van der Waals surface area (Å²) in [5.74, 6) is -13.7. The monoisotopic (exact) mass is 329 g/mol. The molecule has 1 aromatic carbocycles. The van der Waals surface area contributed by atoms with Gasteiger partial charge in [-0.05, 0) is 6.07 Å². The molecule has 0 saturated carbocycles. The molecule has 1 heterocycles. The maximum atomic E-state index is 13.6. The van der Waals surface area contributed by atoms with Crippen LogP contribution in [0.5, 0.6) is 5.75 Å². The predicted molar refractivity (Wildman–Crippen MR) is 56.1 cm³/mol. The average Bonchev–Trinajstić information content (AvgIpc) is 2.43. The zero-order valence-corrected chi connectivity index (χ0v) is 10.1. The van der Waals surface area contributed by atoms with Crippen LogP contribution in [0.1, 0.15) is 5.69 Å². The number of aromatic hydroxyl groups is 1. The van der Waals surface area contributed by atoms with Gasteiger partial charge in [-0.3, -0.25) is 0 Å². The van der Waals surface area contributed by atoms with Crippen LogP contribution in [0, 0.1) is 29.1 Å². The highest BCUT2D eigenvalue weighted by atomic mass is 19.4. The lowest BCUT2D eigenvalue weighted by Crippen LogP contribution is -2.10. The molecule has 0 bridgehead atoms. The third-order valence-electron chi connectivity index (χ3n) is 2.67. The number of halogens is 8. The van der Waals surface area contributed by atoms with Gasteiger partial charge < -0.3 is 5.11 Å². The van der Waals surface area contributed by atoms with Gasteiger partial charge in [0.1, 0.15) is 0 Å². The third kappa shape index (κ3) is 2.34. The second kappa shape index (κ2) is 5.11. The number of rotatable bonds is 1. The molecule has 2 nitrogen and oxygen atoms in total. The minimum Gasteiger partial charge on any atom is -0.505 e. The fraction of sp³-hybridized carbons (Fsp3) is 0.0833. The summed E-state index contributed by atoms with van der Waals surface area (Å²) >= 11 is 0. The van der Waals surface area contributed by atoms with Gasteiger partial charge in [0.2, 0.25) is 5.82 Å². The first-order chi connectivity index (χ1) is 10.1. The highest BCUT2D eigenvalue weighted by Gasteiger charge is 2.38. The number of alkyl halides is 3. The number of hydrogen-bond acceptors (Lipinski definition) is 2. The van der Waals surface area contributed by atoms with Crippen LogP contribution in [0.2, 0.25) is 0 Å². The van der Waals surface area contributed by atoms with Gasteiger partial charge in [0, 0.05) is 11.8 Å². The zero-order valence-electron chi connectivity index (χ0n) is 10.1. The molecule has 0 aliphatic heterocycles. The number of pyridine rings is 1. The Balaban J connectivity index is 2.85. The molecule has 0 atom stereocenters. The maximum Gasteiger partial charge on any atom is 0.437 e. The van der Waals surface area contributed by atoms with E-state index in [2.05, 4.69) is 4.98 Å². The molecule has 1 N–H and O–H groups in total. The fourth-order valence-corrected chi connectivity index (χ4v) is 1.70. The summed E-state index contributed by atoms with van der Waals surface area (Å²) in [6.45, 7) is 0. The first-order valence-corrected chi connectivity index (χ1v) is 5.34. The van der Waals surface area contributed by atoms with E-state index in [-0.39, 0.29) is 0 Å². The van der Waals surface area contributed by atoms with Crippen molar-refractivity contribution in [1.82, 2.24) is 4.98 Å². The predicted octanol–water partition coefficient (Wildman–Crippen LogP) is 4.17. The van der Waals surface area contributed by atoms with Gasteiger partial charge in [0.15, 0.2) is 34.7 Å². The van der Waals surface area contributed by atoms with Crippen LogP contribution in [0.4, 0.5) is 35.1 Å². The van der Waals surface area contributed by atoms with Crippen molar-refractivity contribution >= 4 is 0 Å². The molecular formula is C12H3F8NO. The van der Waals surface area contributed by atoms with E-state index in [9.17, 15) is 40.2 Å². The SMILES string of the molecule is Oc1c(-c2c(F)c(F)c(F)c(F)c2F)ccnc1C(F)(F)F. The molecule has 0 amide bonds. The van der Waals surface area contributed by atoms with Gasteiger partial charge >= 0.3 is 6.18 Å². The summed E-state index contributed by atoms with van der Waals surface area (Å²) in [6, 6.07) is 0.489. The molecule has 0 spiro atoms. The van der Waals surface area contributed by atoms with E-state index in [0.29, 0.717) is 12.3 Å². The number of benzene rings is 1. The van der Waals surface area contributed by atoms with E-state index < -0.39 is 57.8 Å². The first kappa shape index (κ1) is 16.0. The molecule has 0 unspecified atom stereocenters. The highest BCUT2D eigenvalue weighted by molar-refractivity contribution is 5.72. The molecule has 2 aromatic rings. The second-order valence-electron chi connectivity index (χ2n) is 4.00. The second-order valence-corrected chi connectivity index (χ2v) is 4.00. The lowest BCUT2D eigenvalue weighted by Gasteiger charge is -2.13. The van der Waals surface area contributed by atoms with E-state index in [0.717, 1.165) is 0 Å². The lowest BCUT2D eigenvalue weighted by molar-refractivity contribution is -0.142. The quantitative estimate of drug-likeness (QED) is 0.484. The Labute approximate surface area is 116 Å². The summed E-state index contributed by atoms with van der Waals surface area (Å²) < 4.78 is 104. The van der Waals surface area contributed by atoms with Crippen molar-refractivity contribution in [1.29, 1.82) is 0 Å². The minimum atomic E-state index is -5.19. The van der Waals surface area contributed by atoms with E-state index in [1.807, 2.05) is 0 Å². The Bertz CT molecular complexity index is 727. The topological polar surface area (TPSA) is 33.1 Å². The Morgan fingerprint density at radius 3 is 1.73 bits per heavy atom. The van der Waals surface area contributed by atoms with Gasteiger partial charge in [0.05, 0.1) is 5.56 Å².